The van der Waals surface area contributed by atoms with Gasteiger partial charge >= 0.3 is 0 Å². The maximum Gasteiger partial charge on any atom is 0.133 e. The number of halogens is 1. The maximum atomic E-state index is 4.91. The summed E-state index contributed by atoms with van der Waals surface area (Å²) in [6.45, 7) is 3.13. The molecule has 0 saturated carbocycles. The van der Waals surface area contributed by atoms with Gasteiger partial charge in [-0.15, -0.1) is 0 Å². The van der Waals surface area contributed by atoms with Gasteiger partial charge < -0.3 is 5.32 Å². The van der Waals surface area contributed by atoms with Gasteiger partial charge in [-0.3, -0.25) is 0 Å². The van der Waals surface area contributed by atoms with Crippen molar-refractivity contribution in [1.82, 2.24) is 9.78 Å². The summed E-state index contributed by atoms with van der Waals surface area (Å²) in [5.74, 6) is 1.14. The first-order valence-electron chi connectivity index (χ1n) is 7.42. The quantitative estimate of drug-likeness (QED) is 0.645. The van der Waals surface area contributed by atoms with Crippen LogP contribution in [0.5, 0.6) is 0 Å². The Morgan fingerprint density at radius 1 is 1.09 bits per heavy atom. The number of nitrogens with zero attached hydrogens (tertiary/aromatic N) is 2. The standard InChI is InChI=1S/C18H16IN3/c1-12-4-2-3-5-15(12)17-16-10-11-20-18(16)22(21-17)14-8-6-13(19)7-9-14/h2-9,20H,10-11H2,1H3. The summed E-state index contributed by atoms with van der Waals surface area (Å²) >= 11 is 2.33. The minimum atomic E-state index is 0.983. The van der Waals surface area contributed by atoms with Crippen LogP contribution in [0.1, 0.15) is 11.1 Å². The first kappa shape index (κ1) is 13.8. The smallest absolute Gasteiger partial charge is 0.133 e. The summed E-state index contributed by atoms with van der Waals surface area (Å²) in [6, 6.07) is 16.9. The van der Waals surface area contributed by atoms with Crippen molar-refractivity contribution in [1.29, 1.82) is 0 Å². The summed E-state index contributed by atoms with van der Waals surface area (Å²) in [5, 5.41) is 8.40. The van der Waals surface area contributed by atoms with E-state index in [2.05, 4.69) is 83.4 Å². The molecule has 110 valence electrons. The second-order valence-corrected chi connectivity index (χ2v) is 6.80. The number of nitrogens with one attached hydrogen (secondary N) is 1. The predicted octanol–water partition coefficient (Wildman–Crippen LogP) is 4.42. The van der Waals surface area contributed by atoms with Gasteiger partial charge in [0.25, 0.3) is 0 Å². The SMILES string of the molecule is Cc1ccccc1-c1nn(-c2ccc(I)cc2)c2c1CCN2. The van der Waals surface area contributed by atoms with Gasteiger partial charge in [-0.25, -0.2) is 4.68 Å². The lowest BCUT2D eigenvalue weighted by molar-refractivity contribution is 0.881. The van der Waals surface area contributed by atoms with Gasteiger partial charge in [-0.2, -0.15) is 5.10 Å². The van der Waals surface area contributed by atoms with Gasteiger partial charge in [0.1, 0.15) is 5.82 Å². The van der Waals surface area contributed by atoms with E-state index in [1.807, 2.05) is 4.68 Å². The van der Waals surface area contributed by atoms with Crippen LogP contribution in [0, 0.1) is 10.5 Å². The minimum Gasteiger partial charge on any atom is -0.369 e. The lowest BCUT2D eigenvalue weighted by Crippen LogP contribution is -2.04. The van der Waals surface area contributed by atoms with Crippen LogP contribution >= 0.6 is 22.6 Å². The lowest BCUT2D eigenvalue weighted by Gasteiger charge is -2.06. The van der Waals surface area contributed by atoms with Crippen LogP contribution < -0.4 is 5.32 Å². The van der Waals surface area contributed by atoms with E-state index in [1.54, 1.807) is 0 Å². The van der Waals surface area contributed by atoms with E-state index in [4.69, 9.17) is 5.10 Å². The highest BCUT2D eigenvalue weighted by molar-refractivity contribution is 14.1. The van der Waals surface area contributed by atoms with Crippen molar-refractivity contribution in [3.8, 4) is 16.9 Å². The van der Waals surface area contributed by atoms with E-state index >= 15 is 0 Å². The molecule has 0 unspecified atom stereocenters. The summed E-state index contributed by atoms with van der Waals surface area (Å²) in [5.41, 5.74) is 6.03. The Kier molecular flexibility index (Phi) is 3.41. The van der Waals surface area contributed by atoms with Gasteiger partial charge in [0, 0.05) is 21.2 Å². The molecule has 2 heterocycles. The number of aryl methyl sites for hydroxylation is 1. The molecule has 1 aliphatic rings. The zero-order valence-corrected chi connectivity index (χ0v) is 14.5. The second kappa shape index (κ2) is 5.43. The van der Waals surface area contributed by atoms with Crippen molar-refractivity contribution >= 4 is 28.4 Å². The average Bonchev–Trinajstić information content (AvgIpc) is 3.11. The molecule has 4 heteroatoms. The Morgan fingerprint density at radius 3 is 2.64 bits per heavy atom. The van der Waals surface area contributed by atoms with Gasteiger partial charge in [-0.05, 0) is 65.8 Å². The fourth-order valence-electron chi connectivity index (χ4n) is 3.00. The molecule has 3 nitrogen and oxygen atoms in total. The Labute approximate surface area is 143 Å². The maximum absolute atomic E-state index is 4.91. The molecule has 22 heavy (non-hydrogen) atoms. The predicted molar refractivity (Wildman–Crippen MR) is 98.6 cm³/mol. The van der Waals surface area contributed by atoms with Crippen LogP contribution in [0.15, 0.2) is 48.5 Å². The van der Waals surface area contributed by atoms with Crippen LogP contribution in [0.3, 0.4) is 0 Å². The van der Waals surface area contributed by atoms with Crippen LogP contribution in [-0.4, -0.2) is 16.3 Å². The average molecular weight is 401 g/mol. The first-order valence-corrected chi connectivity index (χ1v) is 8.49. The van der Waals surface area contributed by atoms with Crippen molar-refractivity contribution in [2.45, 2.75) is 13.3 Å². The Balaban J connectivity index is 1.90. The number of aromatic nitrogens is 2. The molecule has 3 aromatic rings. The van der Waals surface area contributed by atoms with Crippen molar-refractivity contribution < 1.29 is 0 Å². The highest BCUT2D eigenvalue weighted by Gasteiger charge is 2.24. The van der Waals surface area contributed by atoms with E-state index in [9.17, 15) is 0 Å². The first-order chi connectivity index (χ1) is 10.7. The van der Waals surface area contributed by atoms with E-state index in [1.165, 1.54) is 20.3 Å². The van der Waals surface area contributed by atoms with Crippen LogP contribution in [0.2, 0.25) is 0 Å². The number of hydrogen-bond donors (Lipinski definition) is 1. The molecule has 0 saturated heterocycles. The van der Waals surface area contributed by atoms with Gasteiger partial charge in [0.2, 0.25) is 0 Å². The number of rotatable bonds is 2. The molecular formula is C18H16IN3. The third kappa shape index (κ3) is 2.22. The van der Waals surface area contributed by atoms with E-state index in [0.717, 1.165) is 30.2 Å². The Hall–Kier alpha value is -1.82. The molecule has 2 aromatic carbocycles. The molecule has 1 aromatic heterocycles. The molecule has 0 radical (unpaired) electrons. The normalized spacial score (nSPS) is 13.0. The molecular weight excluding hydrogens is 385 g/mol. The summed E-state index contributed by atoms with van der Waals surface area (Å²) in [4.78, 5) is 0. The van der Waals surface area contributed by atoms with E-state index in [0.29, 0.717) is 0 Å². The number of anilines is 1. The molecule has 0 fully saturated rings. The second-order valence-electron chi connectivity index (χ2n) is 5.56. The van der Waals surface area contributed by atoms with E-state index < -0.39 is 0 Å². The van der Waals surface area contributed by atoms with Crippen molar-refractivity contribution in [3.05, 3.63) is 63.2 Å². The Bertz CT molecular complexity index is 834. The van der Waals surface area contributed by atoms with Gasteiger partial charge in [-0.1, -0.05) is 24.3 Å². The highest BCUT2D eigenvalue weighted by Crippen LogP contribution is 2.35. The third-order valence-electron chi connectivity index (χ3n) is 4.12. The number of fused-ring (bicyclic) bond motifs is 1. The fourth-order valence-corrected chi connectivity index (χ4v) is 3.36. The molecule has 1 N–H and O–H groups in total. The molecule has 0 spiro atoms. The zero-order chi connectivity index (χ0) is 15.1. The van der Waals surface area contributed by atoms with Crippen LogP contribution in [0.25, 0.3) is 16.9 Å². The monoisotopic (exact) mass is 401 g/mol. The topological polar surface area (TPSA) is 29.9 Å². The molecule has 0 aliphatic carbocycles. The fraction of sp³-hybridized carbons (Fsp3) is 0.167. The van der Waals surface area contributed by atoms with Crippen LogP contribution in [0.4, 0.5) is 5.82 Å². The summed E-state index contributed by atoms with van der Waals surface area (Å²) in [6.07, 6.45) is 1.03. The Morgan fingerprint density at radius 2 is 1.86 bits per heavy atom. The van der Waals surface area contributed by atoms with Crippen molar-refractivity contribution in [2.24, 2.45) is 0 Å². The number of benzene rings is 2. The van der Waals surface area contributed by atoms with Crippen molar-refractivity contribution in [2.75, 3.05) is 11.9 Å². The number of hydrogen-bond acceptors (Lipinski definition) is 2. The molecule has 4 rings (SSSR count). The van der Waals surface area contributed by atoms with Gasteiger partial charge in [0.15, 0.2) is 0 Å². The highest BCUT2D eigenvalue weighted by atomic mass is 127. The van der Waals surface area contributed by atoms with E-state index in [-0.39, 0.29) is 0 Å². The van der Waals surface area contributed by atoms with Crippen molar-refractivity contribution in [3.63, 3.8) is 0 Å². The zero-order valence-electron chi connectivity index (χ0n) is 12.3. The summed E-state index contributed by atoms with van der Waals surface area (Å²) < 4.78 is 3.28. The lowest BCUT2D eigenvalue weighted by atomic mass is 10.0. The molecule has 0 bridgehead atoms. The van der Waals surface area contributed by atoms with Gasteiger partial charge in [0.05, 0.1) is 11.4 Å². The van der Waals surface area contributed by atoms with Crippen LogP contribution in [-0.2, 0) is 6.42 Å². The molecule has 0 amide bonds. The molecule has 0 atom stereocenters. The third-order valence-corrected chi connectivity index (χ3v) is 4.84. The summed E-state index contributed by atoms with van der Waals surface area (Å²) in [7, 11) is 0. The molecule has 1 aliphatic heterocycles. The minimum absolute atomic E-state index is 0.983. The largest absolute Gasteiger partial charge is 0.369 e.